The summed E-state index contributed by atoms with van der Waals surface area (Å²) >= 11 is 0. The van der Waals surface area contributed by atoms with Crippen LogP contribution in [0, 0.1) is 0 Å². The Morgan fingerprint density at radius 1 is 0.930 bits per heavy atom. The minimum atomic E-state index is -1.05. The summed E-state index contributed by atoms with van der Waals surface area (Å²) in [7, 11) is 8.77. The highest BCUT2D eigenvalue weighted by Crippen LogP contribution is 2.38. The molecule has 0 saturated carbocycles. The van der Waals surface area contributed by atoms with Crippen molar-refractivity contribution in [2.75, 3.05) is 71.9 Å². The number of ether oxygens (including phenoxy) is 4. The number of carbonyl (C=O) groups is 5. The molecule has 0 bridgehead atoms. The Morgan fingerprint density at radius 3 is 2.33 bits per heavy atom. The summed E-state index contributed by atoms with van der Waals surface area (Å²) in [6.07, 6.45) is 3.35. The van der Waals surface area contributed by atoms with Crippen molar-refractivity contribution in [2.24, 2.45) is 7.05 Å². The normalized spacial score (nSPS) is 15.3. The van der Waals surface area contributed by atoms with Crippen LogP contribution in [0.5, 0.6) is 11.5 Å². The molecule has 17 nitrogen and oxygen atoms in total. The molecule has 2 aliphatic heterocycles. The number of amides is 5. The van der Waals surface area contributed by atoms with Gasteiger partial charge >= 0.3 is 0 Å². The maximum atomic E-state index is 13.3. The maximum absolute atomic E-state index is 13.3. The number of nitrogens with zero attached hydrogens (tertiary/aromatic N) is 4. The van der Waals surface area contributed by atoms with Crippen molar-refractivity contribution in [1.29, 1.82) is 0 Å². The molecule has 4 aromatic rings. The van der Waals surface area contributed by atoms with Crippen molar-refractivity contribution in [3.63, 3.8) is 0 Å². The third-order valence-electron chi connectivity index (χ3n) is 9.60. The summed E-state index contributed by atoms with van der Waals surface area (Å²) in [5.41, 5.74) is 2.92. The molecule has 1 fully saturated rings. The Hall–Kier alpha value is -6.17. The van der Waals surface area contributed by atoms with Crippen molar-refractivity contribution in [2.45, 2.75) is 31.8 Å². The van der Waals surface area contributed by atoms with Crippen molar-refractivity contribution >= 4 is 51.8 Å². The van der Waals surface area contributed by atoms with Crippen LogP contribution in [-0.2, 0) is 37.4 Å². The highest BCUT2D eigenvalue weighted by molar-refractivity contribution is 6.25. The first kappa shape index (κ1) is 40.5. The van der Waals surface area contributed by atoms with E-state index in [0.29, 0.717) is 41.0 Å². The van der Waals surface area contributed by atoms with E-state index >= 15 is 0 Å². The number of methoxy groups -OCH3 is 2. The Kier molecular flexibility index (Phi) is 12.6. The standard InChI is InChI=1S/C40H45N7O10/c1-45(2)21-28-31(54-4)17-23(18-32(28)55-5)27-22-46(3)38(51)26-20-42-33(19-25(26)27)43-35(49)11-13-56-15-16-57-14-12-41-29-8-6-7-24-36(29)40(53)47(39(24)52)30-9-10-34(48)44-37(30)50/h6-8,17-20,22,30,41H,9-16,21H2,1-5H3,(H,42,43,49)(H,44,48,50). The molecule has 4 heterocycles. The second-order valence-corrected chi connectivity index (χ2v) is 13.8. The molecule has 0 spiro atoms. The van der Waals surface area contributed by atoms with E-state index in [1.54, 1.807) is 45.7 Å². The van der Waals surface area contributed by atoms with Crippen LogP contribution in [0.2, 0.25) is 0 Å². The van der Waals surface area contributed by atoms with Crippen molar-refractivity contribution in [1.82, 2.24) is 24.7 Å². The molecule has 57 heavy (non-hydrogen) atoms. The van der Waals surface area contributed by atoms with Crippen LogP contribution in [0.15, 0.2) is 53.6 Å². The van der Waals surface area contributed by atoms with Crippen molar-refractivity contribution in [3.05, 3.63) is 75.8 Å². The number of fused-ring (bicyclic) bond motifs is 2. The van der Waals surface area contributed by atoms with Gasteiger partial charge in [0.05, 0.1) is 69.1 Å². The molecule has 0 aliphatic carbocycles. The minimum absolute atomic E-state index is 0.0405. The largest absolute Gasteiger partial charge is 0.496 e. The van der Waals surface area contributed by atoms with Gasteiger partial charge in [0.1, 0.15) is 23.4 Å². The number of imide groups is 2. The molecule has 3 N–H and O–H groups in total. The molecule has 17 heteroatoms. The predicted octanol–water partition coefficient (Wildman–Crippen LogP) is 2.55. The fraction of sp³-hybridized carbons (Fsp3) is 0.375. The van der Waals surface area contributed by atoms with Gasteiger partial charge in [0.25, 0.3) is 17.4 Å². The minimum Gasteiger partial charge on any atom is -0.496 e. The number of piperidine rings is 1. The third-order valence-corrected chi connectivity index (χ3v) is 9.60. The Balaban J connectivity index is 0.979. The number of anilines is 2. The molecule has 300 valence electrons. The van der Waals surface area contributed by atoms with Gasteiger partial charge < -0.3 is 39.0 Å². The van der Waals surface area contributed by atoms with E-state index in [1.807, 2.05) is 31.1 Å². The number of hydrogen-bond donors (Lipinski definition) is 3. The zero-order chi connectivity index (χ0) is 40.8. The highest BCUT2D eigenvalue weighted by atomic mass is 16.5. The summed E-state index contributed by atoms with van der Waals surface area (Å²) in [5, 5.41) is 9.08. The quantitative estimate of drug-likeness (QED) is 0.104. The number of benzene rings is 2. The first-order valence-electron chi connectivity index (χ1n) is 18.3. The fourth-order valence-corrected chi connectivity index (χ4v) is 6.88. The topological polar surface area (TPSA) is 200 Å². The molecule has 2 aliphatic rings. The molecule has 2 aromatic carbocycles. The van der Waals surface area contributed by atoms with Crippen LogP contribution in [0.25, 0.3) is 21.9 Å². The van der Waals surface area contributed by atoms with Gasteiger partial charge in [-0.3, -0.25) is 39.0 Å². The number of hydrogen-bond acceptors (Lipinski definition) is 13. The Bertz CT molecular complexity index is 2260. The fourth-order valence-electron chi connectivity index (χ4n) is 6.88. The van der Waals surface area contributed by atoms with Crippen molar-refractivity contribution in [3.8, 4) is 22.6 Å². The SMILES string of the molecule is COc1cc(-c2cn(C)c(=O)c3cnc(NC(=O)CCOCCOCCNc4cccc5c4C(=O)N(C4CCC(=O)NC4=O)C5=O)cc23)cc(OC)c1CN(C)C. The van der Waals surface area contributed by atoms with Gasteiger partial charge in [-0.25, -0.2) is 4.98 Å². The second-order valence-electron chi connectivity index (χ2n) is 13.8. The van der Waals surface area contributed by atoms with Crippen LogP contribution in [0.1, 0.15) is 45.5 Å². The van der Waals surface area contributed by atoms with Crippen LogP contribution in [-0.4, -0.2) is 116 Å². The number of nitrogens with one attached hydrogen (secondary N) is 3. The van der Waals surface area contributed by atoms with E-state index in [-0.39, 0.29) is 74.1 Å². The molecule has 1 unspecified atom stereocenters. The number of pyridine rings is 2. The Morgan fingerprint density at radius 2 is 1.65 bits per heavy atom. The average Bonchev–Trinajstić information content (AvgIpc) is 3.44. The van der Waals surface area contributed by atoms with E-state index < -0.39 is 29.7 Å². The zero-order valence-electron chi connectivity index (χ0n) is 32.4. The van der Waals surface area contributed by atoms with Gasteiger partial charge in [0, 0.05) is 55.6 Å². The lowest BCUT2D eigenvalue weighted by molar-refractivity contribution is -0.136. The van der Waals surface area contributed by atoms with E-state index in [2.05, 4.69) is 20.9 Å². The van der Waals surface area contributed by atoms with Gasteiger partial charge in [-0.2, -0.15) is 0 Å². The molecular formula is C40H45N7O10. The Labute approximate surface area is 328 Å². The summed E-state index contributed by atoms with van der Waals surface area (Å²) < 4.78 is 24.2. The van der Waals surface area contributed by atoms with Crippen LogP contribution in [0.4, 0.5) is 11.5 Å². The maximum Gasteiger partial charge on any atom is 0.264 e. The van der Waals surface area contributed by atoms with Gasteiger partial charge in [0.15, 0.2) is 0 Å². The van der Waals surface area contributed by atoms with E-state index in [4.69, 9.17) is 18.9 Å². The number of aromatic nitrogens is 2. The van der Waals surface area contributed by atoms with E-state index in [9.17, 15) is 28.8 Å². The summed E-state index contributed by atoms with van der Waals surface area (Å²) in [6.45, 7) is 1.76. The molecule has 5 amide bonds. The smallest absolute Gasteiger partial charge is 0.264 e. The molecule has 1 saturated heterocycles. The van der Waals surface area contributed by atoms with Crippen LogP contribution >= 0.6 is 0 Å². The van der Waals surface area contributed by atoms with Gasteiger partial charge in [-0.1, -0.05) is 6.07 Å². The average molecular weight is 784 g/mol. The lowest BCUT2D eigenvalue weighted by Crippen LogP contribution is -2.54. The van der Waals surface area contributed by atoms with E-state index in [0.717, 1.165) is 21.6 Å². The van der Waals surface area contributed by atoms with Crippen LogP contribution < -0.4 is 31.0 Å². The molecule has 0 radical (unpaired) electrons. The molecule has 6 rings (SSSR count). The van der Waals surface area contributed by atoms with E-state index in [1.165, 1.54) is 16.8 Å². The number of aryl methyl sites for hydroxylation is 1. The summed E-state index contributed by atoms with van der Waals surface area (Å²) in [5.74, 6) is -1.05. The second kappa shape index (κ2) is 17.7. The van der Waals surface area contributed by atoms with Crippen LogP contribution in [0.3, 0.4) is 0 Å². The lowest BCUT2D eigenvalue weighted by Gasteiger charge is -2.27. The number of carbonyl (C=O) groups excluding carboxylic acids is 5. The first-order valence-corrected chi connectivity index (χ1v) is 18.3. The highest BCUT2D eigenvalue weighted by Gasteiger charge is 2.45. The third kappa shape index (κ3) is 8.80. The van der Waals surface area contributed by atoms with Gasteiger partial charge in [0.2, 0.25) is 17.7 Å². The number of rotatable bonds is 17. The van der Waals surface area contributed by atoms with Crippen molar-refractivity contribution < 1.29 is 42.9 Å². The molecular weight excluding hydrogens is 738 g/mol. The lowest BCUT2D eigenvalue weighted by atomic mass is 9.98. The predicted molar refractivity (Wildman–Crippen MR) is 209 cm³/mol. The zero-order valence-corrected chi connectivity index (χ0v) is 32.4. The monoisotopic (exact) mass is 783 g/mol. The molecule has 1 atom stereocenters. The molecule has 2 aromatic heterocycles. The summed E-state index contributed by atoms with van der Waals surface area (Å²) in [4.78, 5) is 83.4. The first-order chi connectivity index (χ1) is 27.4. The van der Waals surface area contributed by atoms with Gasteiger partial charge in [-0.15, -0.1) is 0 Å². The summed E-state index contributed by atoms with van der Waals surface area (Å²) in [6, 6.07) is 9.26. The van der Waals surface area contributed by atoms with Gasteiger partial charge in [-0.05, 0) is 56.4 Å².